The van der Waals surface area contributed by atoms with Crippen LogP contribution in [0.4, 0.5) is 0 Å². The molecule has 20 heavy (non-hydrogen) atoms. The van der Waals surface area contributed by atoms with Crippen molar-refractivity contribution in [2.24, 2.45) is 0 Å². The van der Waals surface area contributed by atoms with Crippen molar-refractivity contribution in [2.75, 3.05) is 12.8 Å². The van der Waals surface area contributed by atoms with Crippen LogP contribution < -0.4 is 5.32 Å². The molecule has 1 atom stereocenters. The summed E-state index contributed by atoms with van der Waals surface area (Å²) in [6.07, 6.45) is 3.80. The molecule has 0 amide bonds. The molecule has 2 N–H and O–H groups in total. The van der Waals surface area contributed by atoms with Crippen molar-refractivity contribution in [1.29, 1.82) is 0 Å². The summed E-state index contributed by atoms with van der Waals surface area (Å²) in [4.78, 5) is 1.10. The average molecular weight is 316 g/mol. The number of hydrogen-bond donors (Lipinski definition) is 2. The largest absolute Gasteiger partial charge is 0.390 e. The molecule has 2 rings (SSSR count). The lowest BCUT2D eigenvalue weighted by molar-refractivity contribution is 0.146. The van der Waals surface area contributed by atoms with E-state index >= 15 is 0 Å². The van der Waals surface area contributed by atoms with Crippen LogP contribution in [0.15, 0.2) is 28.7 Å². The first-order valence-electron chi connectivity index (χ1n) is 5.96. The molecule has 0 aliphatic carbocycles. The third kappa shape index (κ3) is 4.10. The fourth-order valence-corrected chi connectivity index (χ4v) is 3.97. The van der Waals surface area contributed by atoms with Gasteiger partial charge in [0.15, 0.2) is 9.84 Å². The van der Waals surface area contributed by atoms with E-state index in [1.807, 2.05) is 0 Å². The van der Waals surface area contributed by atoms with Crippen molar-refractivity contribution in [1.82, 2.24) is 20.3 Å². The zero-order valence-corrected chi connectivity index (χ0v) is 12.6. The second-order valence-corrected chi connectivity index (χ2v) is 7.37. The highest BCUT2D eigenvalue weighted by molar-refractivity contribution is 7.90. The first kappa shape index (κ1) is 15.1. The molecule has 0 aliphatic rings. The number of nitrogens with one attached hydrogen (secondary N) is 1. The Morgan fingerprint density at radius 1 is 1.55 bits per heavy atom. The van der Waals surface area contributed by atoms with Crippen molar-refractivity contribution in [2.45, 2.75) is 24.1 Å². The average Bonchev–Trinajstić information content (AvgIpc) is 2.98. The molecule has 2 heterocycles. The van der Waals surface area contributed by atoms with Gasteiger partial charge < -0.3 is 10.4 Å². The maximum absolute atomic E-state index is 11.5. The summed E-state index contributed by atoms with van der Waals surface area (Å²) in [5, 5.41) is 22.0. The zero-order chi connectivity index (χ0) is 14.6. The van der Waals surface area contributed by atoms with E-state index in [4.69, 9.17) is 0 Å². The van der Waals surface area contributed by atoms with E-state index in [0.29, 0.717) is 24.5 Å². The van der Waals surface area contributed by atoms with Gasteiger partial charge in [0.25, 0.3) is 0 Å². The van der Waals surface area contributed by atoms with E-state index in [0.717, 1.165) is 4.88 Å². The first-order valence-corrected chi connectivity index (χ1v) is 8.73. The van der Waals surface area contributed by atoms with Crippen LogP contribution in [0, 0.1) is 0 Å². The summed E-state index contributed by atoms with van der Waals surface area (Å²) in [7, 11) is -3.20. The molecular formula is C11H16N4O3S2. The van der Waals surface area contributed by atoms with Crippen LogP contribution in [0.1, 0.15) is 4.88 Å². The number of nitrogens with zero attached hydrogens (tertiary/aromatic N) is 3. The van der Waals surface area contributed by atoms with Crippen LogP contribution in [-0.2, 0) is 22.9 Å². The first-order chi connectivity index (χ1) is 9.47. The maximum Gasteiger partial charge on any atom is 0.176 e. The Morgan fingerprint density at radius 3 is 3.00 bits per heavy atom. The van der Waals surface area contributed by atoms with Gasteiger partial charge in [-0.05, 0) is 11.4 Å². The normalized spacial score (nSPS) is 13.5. The summed E-state index contributed by atoms with van der Waals surface area (Å²) in [5.74, 6) is 0. The highest BCUT2D eigenvalue weighted by Crippen LogP contribution is 2.21. The van der Waals surface area contributed by atoms with Gasteiger partial charge in [-0.2, -0.15) is 0 Å². The Labute approximate surface area is 121 Å². The molecular weight excluding hydrogens is 300 g/mol. The van der Waals surface area contributed by atoms with Gasteiger partial charge in [0.05, 0.1) is 23.7 Å². The van der Waals surface area contributed by atoms with E-state index in [2.05, 4.69) is 15.6 Å². The number of thiophene rings is 1. The van der Waals surface area contributed by atoms with Gasteiger partial charge in [-0.1, -0.05) is 5.21 Å². The van der Waals surface area contributed by atoms with E-state index in [1.54, 1.807) is 28.5 Å². The highest BCUT2D eigenvalue weighted by Gasteiger charge is 2.14. The molecule has 110 valence electrons. The number of aliphatic hydroxyl groups excluding tert-OH is 1. The third-order valence-corrected chi connectivity index (χ3v) is 4.87. The zero-order valence-electron chi connectivity index (χ0n) is 10.9. The van der Waals surface area contributed by atoms with Crippen LogP contribution in [0.3, 0.4) is 0 Å². The Bertz CT molecular complexity index is 636. The van der Waals surface area contributed by atoms with Crippen molar-refractivity contribution in [3.8, 4) is 0 Å². The van der Waals surface area contributed by atoms with Gasteiger partial charge in [-0.15, -0.1) is 16.4 Å². The Hall–Kier alpha value is -1.29. The van der Waals surface area contributed by atoms with Gasteiger partial charge in [-0.25, -0.2) is 13.1 Å². The van der Waals surface area contributed by atoms with Crippen LogP contribution in [0.2, 0.25) is 0 Å². The minimum atomic E-state index is -3.20. The number of aliphatic hydroxyl groups is 1. The van der Waals surface area contributed by atoms with E-state index in [1.165, 1.54) is 17.6 Å². The summed E-state index contributed by atoms with van der Waals surface area (Å²) < 4.78 is 24.6. The van der Waals surface area contributed by atoms with Gasteiger partial charge in [0, 0.05) is 30.4 Å². The van der Waals surface area contributed by atoms with Crippen molar-refractivity contribution < 1.29 is 13.5 Å². The number of sulfone groups is 1. The third-order valence-electron chi connectivity index (χ3n) is 2.64. The van der Waals surface area contributed by atoms with Crippen LogP contribution in [0.25, 0.3) is 0 Å². The van der Waals surface area contributed by atoms with Crippen molar-refractivity contribution in [3.63, 3.8) is 0 Å². The smallest absolute Gasteiger partial charge is 0.176 e. The van der Waals surface area contributed by atoms with E-state index in [9.17, 15) is 13.5 Å². The number of rotatable bonds is 7. The molecule has 9 heteroatoms. The lowest BCUT2D eigenvalue weighted by Gasteiger charge is -2.11. The highest BCUT2D eigenvalue weighted by atomic mass is 32.2. The quantitative estimate of drug-likeness (QED) is 0.740. The number of aromatic nitrogens is 3. The van der Waals surface area contributed by atoms with Crippen molar-refractivity contribution in [3.05, 3.63) is 28.7 Å². The van der Waals surface area contributed by atoms with Crippen LogP contribution in [0.5, 0.6) is 0 Å². The minimum Gasteiger partial charge on any atom is -0.390 e. The minimum absolute atomic E-state index is 0.344. The molecule has 0 spiro atoms. The topological polar surface area (TPSA) is 97.1 Å². The summed E-state index contributed by atoms with van der Waals surface area (Å²) in [5.41, 5.74) is 0. The van der Waals surface area contributed by atoms with E-state index in [-0.39, 0.29) is 0 Å². The Kier molecular flexibility index (Phi) is 4.86. The lowest BCUT2D eigenvalue weighted by atomic mass is 10.3. The standard InChI is InChI=1S/C11H16N4O3S2/c1-20(17,18)11-2-5-19-10(11)7-12-6-9(16)8-15-4-3-13-14-15/h2-5,9,12,16H,6-8H2,1H3. The Balaban J connectivity index is 1.83. The molecule has 0 radical (unpaired) electrons. The molecule has 0 bridgehead atoms. The molecule has 2 aromatic rings. The van der Waals surface area contributed by atoms with Gasteiger partial charge >= 0.3 is 0 Å². The summed E-state index contributed by atoms with van der Waals surface area (Å²) in [6.45, 7) is 1.10. The predicted molar refractivity (Wildman–Crippen MR) is 75.2 cm³/mol. The second-order valence-electron chi connectivity index (χ2n) is 4.39. The van der Waals surface area contributed by atoms with Gasteiger partial charge in [-0.3, -0.25) is 0 Å². The van der Waals surface area contributed by atoms with E-state index < -0.39 is 15.9 Å². The SMILES string of the molecule is CS(=O)(=O)c1ccsc1CNCC(O)Cn1ccnn1. The summed E-state index contributed by atoms with van der Waals surface area (Å²) in [6, 6.07) is 1.60. The maximum atomic E-state index is 11.5. The molecule has 0 aromatic carbocycles. The van der Waals surface area contributed by atoms with Gasteiger partial charge in [0.2, 0.25) is 0 Å². The summed E-state index contributed by atoms with van der Waals surface area (Å²) >= 11 is 1.38. The molecule has 0 saturated carbocycles. The van der Waals surface area contributed by atoms with Crippen LogP contribution >= 0.6 is 11.3 Å². The fraction of sp³-hybridized carbons (Fsp3) is 0.455. The fourth-order valence-electron chi connectivity index (χ4n) is 1.75. The second kappa shape index (κ2) is 6.44. The number of hydrogen-bond acceptors (Lipinski definition) is 7. The lowest BCUT2D eigenvalue weighted by Crippen LogP contribution is -2.30. The monoisotopic (exact) mass is 316 g/mol. The molecule has 0 saturated heterocycles. The van der Waals surface area contributed by atoms with Crippen molar-refractivity contribution >= 4 is 21.2 Å². The molecule has 0 aliphatic heterocycles. The van der Waals surface area contributed by atoms with Gasteiger partial charge in [0.1, 0.15) is 0 Å². The molecule has 7 nitrogen and oxygen atoms in total. The Morgan fingerprint density at radius 2 is 2.35 bits per heavy atom. The van der Waals surface area contributed by atoms with Crippen LogP contribution in [-0.4, -0.2) is 47.4 Å². The molecule has 1 unspecified atom stereocenters. The predicted octanol–water partition coefficient (Wildman–Crippen LogP) is -0.106. The molecule has 2 aromatic heterocycles. The molecule has 0 fully saturated rings.